The summed E-state index contributed by atoms with van der Waals surface area (Å²) in [6.07, 6.45) is -7.40. The molecule has 0 bridgehead atoms. The standard InChI is InChI=1S/C22H21F4N3O4S/c1-21(2)19(32)28(13-4-3-12(9-27)16(7-13)22(24,25)26)20(34)29(21)14-5-6-18(17(23)8-14)33-11-15(31)10-30/h3-8,15,19,30-32H,10-11H2,1-2H3. The Morgan fingerprint density at radius 1 is 1.21 bits per heavy atom. The summed E-state index contributed by atoms with van der Waals surface area (Å²) < 4.78 is 60.1. The average Bonchev–Trinajstić information content (AvgIpc) is 2.95. The van der Waals surface area contributed by atoms with E-state index in [1.807, 2.05) is 0 Å². The molecule has 12 heteroatoms. The SMILES string of the molecule is CC1(C)C(O)N(c2ccc(C#N)c(C(F)(F)F)c2)C(=S)N1c1ccc(OCC(O)CO)c(F)c1. The van der Waals surface area contributed by atoms with Crippen LogP contribution < -0.4 is 14.5 Å². The van der Waals surface area contributed by atoms with Gasteiger partial charge in [0.05, 0.1) is 29.3 Å². The Balaban J connectivity index is 1.98. The van der Waals surface area contributed by atoms with Crippen molar-refractivity contribution < 1.29 is 37.6 Å². The van der Waals surface area contributed by atoms with Crippen molar-refractivity contribution in [2.45, 2.75) is 37.9 Å². The maximum absolute atomic E-state index is 14.7. The zero-order valence-corrected chi connectivity index (χ0v) is 18.9. The summed E-state index contributed by atoms with van der Waals surface area (Å²) in [4.78, 5) is 2.50. The lowest BCUT2D eigenvalue weighted by molar-refractivity contribution is -0.137. The summed E-state index contributed by atoms with van der Waals surface area (Å²) in [5, 5.41) is 38.1. The first-order valence-electron chi connectivity index (χ1n) is 9.97. The molecular weight excluding hydrogens is 478 g/mol. The van der Waals surface area contributed by atoms with Gasteiger partial charge in [-0.05, 0) is 56.4 Å². The Morgan fingerprint density at radius 3 is 2.41 bits per heavy atom. The van der Waals surface area contributed by atoms with E-state index in [4.69, 9.17) is 27.3 Å². The lowest BCUT2D eigenvalue weighted by atomic mass is 10.0. The van der Waals surface area contributed by atoms with Crippen LogP contribution in [0.2, 0.25) is 0 Å². The Labute approximate surface area is 198 Å². The van der Waals surface area contributed by atoms with Crippen molar-refractivity contribution in [3.8, 4) is 11.8 Å². The summed E-state index contributed by atoms with van der Waals surface area (Å²) in [5.74, 6) is -1.01. The topological polar surface area (TPSA) is 100 Å². The number of aliphatic hydroxyl groups excluding tert-OH is 3. The van der Waals surface area contributed by atoms with Crippen molar-refractivity contribution in [1.82, 2.24) is 0 Å². The molecule has 2 aromatic carbocycles. The zero-order valence-electron chi connectivity index (χ0n) is 18.0. The molecule has 182 valence electrons. The quantitative estimate of drug-likeness (QED) is 0.412. The lowest BCUT2D eigenvalue weighted by Crippen LogP contribution is -2.47. The molecule has 7 nitrogen and oxygen atoms in total. The number of rotatable bonds is 6. The van der Waals surface area contributed by atoms with Gasteiger partial charge in [-0.3, -0.25) is 4.90 Å². The molecule has 1 fully saturated rings. The molecular formula is C22H21F4N3O4S. The van der Waals surface area contributed by atoms with E-state index in [0.29, 0.717) is 0 Å². The van der Waals surface area contributed by atoms with Crippen molar-refractivity contribution in [1.29, 1.82) is 5.26 Å². The highest BCUT2D eigenvalue weighted by Crippen LogP contribution is 2.42. The Bertz CT molecular complexity index is 1140. The van der Waals surface area contributed by atoms with Gasteiger partial charge >= 0.3 is 6.18 Å². The molecule has 1 aliphatic heterocycles. The number of thiocarbonyl (C=S) groups is 1. The maximum atomic E-state index is 14.7. The zero-order chi connectivity index (χ0) is 25.4. The first-order valence-corrected chi connectivity index (χ1v) is 10.4. The van der Waals surface area contributed by atoms with Gasteiger partial charge in [0.2, 0.25) is 0 Å². The van der Waals surface area contributed by atoms with Gasteiger partial charge in [-0.25, -0.2) is 4.39 Å². The molecule has 0 aliphatic carbocycles. The fraction of sp³-hybridized carbons (Fsp3) is 0.364. The van der Waals surface area contributed by atoms with Crippen LogP contribution in [0.5, 0.6) is 5.75 Å². The summed E-state index contributed by atoms with van der Waals surface area (Å²) in [6.45, 7) is 2.26. The molecule has 34 heavy (non-hydrogen) atoms. The fourth-order valence-electron chi connectivity index (χ4n) is 3.58. The van der Waals surface area contributed by atoms with E-state index >= 15 is 0 Å². The summed E-state index contributed by atoms with van der Waals surface area (Å²) in [7, 11) is 0. The molecule has 2 unspecified atom stereocenters. The number of aliphatic hydroxyl groups is 3. The highest BCUT2D eigenvalue weighted by Gasteiger charge is 2.50. The number of alkyl halides is 3. The predicted octanol–water partition coefficient (Wildman–Crippen LogP) is 3.16. The second-order valence-electron chi connectivity index (χ2n) is 8.12. The van der Waals surface area contributed by atoms with Crippen molar-refractivity contribution in [2.75, 3.05) is 23.0 Å². The summed E-state index contributed by atoms with van der Waals surface area (Å²) in [5.41, 5.74) is -2.82. The van der Waals surface area contributed by atoms with Gasteiger partial charge in [-0.2, -0.15) is 18.4 Å². The molecule has 0 aromatic heterocycles. The molecule has 3 rings (SSSR count). The van der Waals surface area contributed by atoms with Crippen LogP contribution in [0.1, 0.15) is 25.0 Å². The van der Waals surface area contributed by atoms with Gasteiger partial charge in [-0.15, -0.1) is 0 Å². The Hall–Kier alpha value is -2.98. The molecule has 0 saturated carbocycles. The minimum absolute atomic E-state index is 0.0842. The molecule has 1 saturated heterocycles. The number of hydrogen-bond acceptors (Lipinski definition) is 6. The maximum Gasteiger partial charge on any atom is 0.417 e. The predicted molar refractivity (Wildman–Crippen MR) is 119 cm³/mol. The molecule has 0 amide bonds. The number of ether oxygens (including phenoxy) is 1. The third-order valence-corrected chi connectivity index (χ3v) is 5.75. The third kappa shape index (κ3) is 4.65. The van der Waals surface area contributed by atoms with E-state index < -0.39 is 47.6 Å². The van der Waals surface area contributed by atoms with Crippen LogP contribution in [0.25, 0.3) is 0 Å². The van der Waals surface area contributed by atoms with E-state index in [9.17, 15) is 27.8 Å². The van der Waals surface area contributed by atoms with E-state index in [0.717, 1.165) is 23.1 Å². The summed E-state index contributed by atoms with van der Waals surface area (Å²) >= 11 is 5.46. The van der Waals surface area contributed by atoms with Crippen LogP contribution in [-0.2, 0) is 6.18 Å². The largest absolute Gasteiger partial charge is 0.488 e. The Kier molecular flexibility index (Phi) is 7.05. The molecule has 0 radical (unpaired) electrons. The molecule has 3 N–H and O–H groups in total. The van der Waals surface area contributed by atoms with Gasteiger partial charge in [0.15, 0.2) is 22.9 Å². The molecule has 1 aliphatic rings. The average molecular weight is 499 g/mol. The minimum atomic E-state index is -4.80. The van der Waals surface area contributed by atoms with Gasteiger partial charge < -0.3 is 25.0 Å². The van der Waals surface area contributed by atoms with Crippen LogP contribution in [0.4, 0.5) is 28.9 Å². The van der Waals surface area contributed by atoms with E-state index in [1.165, 1.54) is 29.2 Å². The highest BCUT2D eigenvalue weighted by atomic mass is 32.1. The van der Waals surface area contributed by atoms with Crippen molar-refractivity contribution in [2.24, 2.45) is 0 Å². The van der Waals surface area contributed by atoms with E-state index in [1.54, 1.807) is 13.8 Å². The van der Waals surface area contributed by atoms with Crippen LogP contribution in [0.3, 0.4) is 0 Å². The van der Waals surface area contributed by atoms with Crippen molar-refractivity contribution in [3.05, 3.63) is 53.3 Å². The number of nitriles is 1. The van der Waals surface area contributed by atoms with Crippen LogP contribution in [-0.4, -0.2) is 51.5 Å². The molecule has 2 aromatic rings. The normalized spacial score (nSPS) is 18.7. The smallest absolute Gasteiger partial charge is 0.417 e. The highest BCUT2D eigenvalue weighted by molar-refractivity contribution is 7.80. The van der Waals surface area contributed by atoms with Crippen LogP contribution in [0.15, 0.2) is 36.4 Å². The van der Waals surface area contributed by atoms with Gasteiger partial charge in [-0.1, -0.05) is 0 Å². The Morgan fingerprint density at radius 2 is 1.85 bits per heavy atom. The van der Waals surface area contributed by atoms with Crippen molar-refractivity contribution >= 4 is 28.7 Å². The number of nitrogens with zero attached hydrogens (tertiary/aromatic N) is 3. The van der Waals surface area contributed by atoms with Crippen molar-refractivity contribution in [3.63, 3.8) is 0 Å². The molecule has 1 heterocycles. The second kappa shape index (κ2) is 9.34. The minimum Gasteiger partial charge on any atom is -0.488 e. The number of anilines is 2. The van der Waals surface area contributed by atoms with E-state index in [2.05, 4.69) is 0 Å². The van der Waals surface area contributed by atoms with Crippen LogP contribution in [0, 0.1) is 17.1 Å². The summed E-state index contributed by atoms with van der Waals surface area (Å²) in [6, 6.07) is 8.25. The molecule has 2 atom stereocenters. The van der Waals surface area contributed by atoms with Gasteiger partial charge in [0.25, 0.3) is 0 Å². The number of hydrogen-bond donors (Lipinski definition) is 3. The lowest BCUT2D eigenvalue weighted by Gasteiger charge is -2.33. The van der Waals surface area contributed by atoms with E-state index in [-0.39, 0.29) is 28.8 Å². The monoisotopic (exact) mass is 499 g/mol. The fourth-order valence-corrected chi connectivity index (χ4v) is 4.13. The molecule has 0 spiro atoms. The van der Waals surface area contributed by atoms with Gasteiger partial charge in [0.1, 0.15) is 12.7 Å². The first kappa shape index (κ1) is 25.6. The third-order valence-electron chi connectivity index (χ3n) is 5.37. The first-order chi connectivity index (χ1) is 15.8. The van der Waals surface area contributed by atoms with Gasteiger partial charge in [0, 0.05) is 17.4 Å². The number of halogens is 4. The van der Waals surface area contributed by atoms with Crippen LogP contribution >= 0.6 is 12.2 Å². The second-order valence-corrected chi connectivity index (χ2v) is 8.48. The number of benzene rings is 2.